The molecule has 0 spiro atoms. The fourth-order valence-electron chi connectivity index (χ4n) is 5.91. The Morgan fingerprint density at radius 2 is 1.36 bits per heavy atom. The van der Waals surface area contributed by atoms with Crippen molar-refractivity contribution in [1.29, 1.82) is 0 Å². The van der Waals surface area contributed by atoms with Gasteiger partial charge in [0.15, 0.2) is 0 Å². The highest BCUT2D eigenvalue weighted by molar-refractivity contribution is 6.15. The van der Waals surface area contributed by atoms with Crippen molar-refractivity contribution in [1.82, 2.24) is 19.4 Å². The monoisotopic (exact) mass is 462 g/mol. The van der Waals surface area contributed by atoms with Crippen LogP contribution in [0.3, 0.4) is 0 Å². The third kappa shape index (κ3) is 2.53. The van der Waals surface area contributed by atoms with Crippen molar-refractivity contribution in [2.75, 3.05) is 0 Å². The first-order valence-electron chi connectivity index (χ1n) is 12.3. The number of rotatable bonds is 1. The quantitative estimate of drug-likeness (QED) is 0.250. The van der Waals surface area contributed by atoms with E-state index in [0.29, 0.717) is 0 Å². The van der Waals surface area contributed by atoms with E-state index >= 15 is 0 Å². The number of aromatic nitrogens is 4. The van der Waals surface area contributed by atoms with Crippen LogP contribution in [-0.2, 0) is 0 Å². The Hall–Kier alpha value is -4.70. The summed E-state index contributed by atoms with van der Waals surface area (Å²) in [5.74, 6) is 0. The zero-order valence-corrected chi connectivity index (χ0v) is 20.0. The van der Waals surface area contributed by atoms with Crippen LogP contribution in [0.1, 0.15) is 11.1 Å². The van der Waals surface area contributed by atoms with E-state index in [-0.39, 0.29) is 0 Å². The lowest BCUT2D eigenvalue weighted by molar-refractivity contribution is 1.23. The summed E-state index contributed by atoms with van der Waals surface area (Å²) in [7, 11) is 0. The summed E-state index contributed by atoms with van der Waals surface area (Å²) in [6.45, 7) is 4.42. The molecular formula is C32H22N4. The lowest BCUT2D eigenvalue weighted by Gasteiger charge is -2.14. The third-order valence-electron chi connectivity index (χ3n) is 7.60. The first-order valence-corrected chi connectivity index (χ1v) is 12.3. The standard InChI is InChI=1S/C32H22N4/c1-18-14-25-20-8-3-4-10-27(20)34-29(25)17-23(18)22-16-24-21-9-7-13-33-31(21)36-30-12-6-5-11-28(30)35-32(36)26(24)15-19(22)2/h3-17,34H,1-2H3. The van der Waals surface area contributed by atoms with E-state index in [2.05, 4.69) is 96.0 Å². The fraction of sp³-hybridized carbons (Fsp3) is 0.0625. The molecule has 0 aliphatic rings. The fourth-order valence-corrected chi connectivity index (χ4v) is 5.91. The molecule has 8 rings (SSSR count). The van der Waals surface area contributed by atoms with E-state index in [1.165, 1.54) is 43.9 Å². The Morgan fingerprint density at radius 3 is 2.28 bits per heavy atom. The molecule has 0 aliphatic carbocycles. The molecule has 0 atom stereocenters. The second-order valence-electron chi connectivity index (χ2n) is 9.73. The van der Waals surface area contributed by atoms with Crippen molar-refractivity contribution in [3.05, 3.63) is 102 Å². The molecule has 8 aromatic rings. The average molecular weight is 463 g/mol. The predicted molar refractivity (Wildman–Crippen MR) is 150 cm³/mol. The maximum Gasteiger partial charge on any atom is 0.147 e. The van der Waals surface area contributed by atoms with Crippen molar-refractivity contribution in [3.63, 3.8) is 0 Å². The van der Waals surface area contributed by atoms with Gasteiger partial charge >= 0.3 is 0 Å². The number of benzene rings is 4. The van der Waals surface area contributed by atoms with Gasteiger partial charge in [-0.3, -0.25) is 4.40 Å². The molecule has 36 heavy (non-hydrogen) atoms. The minimum absolute atomic E-state index is 0.936. The molecule has 0 amide bonds. The van der Waals surface area contributed by atoms with Crippen LogP contribution in [-0.4, -0.2) is 19.4 Å². The molecule has 0 radical (unpaired) electrons. The molecule has 4 aromatic carbocycles. The second kappa shape index (κ2) is 6.92. The second-order valence-corrected chi connectivity index (χ2v) is 9.73. The number of hydrogen-bond donors (Lipinski definition) is 1. The first-order chi connectivity index (χ1) is 17.7. The van der Waals surface area contributed by atoms with Crippen molar-refractivity contribution in [2.45, 2.75) is 13.8 Å². The minimum Gasteiger partial charge on any atom is -0.354 e. The smallest absolute Gasteiger partial charge is 0.147 e. The average Bonchev–Trinajstić information content (AvgIpc) is 3.47. The topological polar surface area (TPSA) is 46.0 Å². The summed E-state index contributed by atoms with van der Waals surface area (Å²) >= 11 is 0. The number of H-pyrrole nitrogens is 1. The molecule has 4 aromatic heterocycles. The van der Waals surface area contributed by atoms with Crippen LogP contribution in [0.2, 0.25) is 0 Å². The molecule has 170 valence electrons. The number of nitrogens with zero attached hydrogens (tertiary/aromatic N) is 3. The number of nitrogens with one attached hydrogen (secondary N) is 1. The predicted octanol–water partition coefficient (Wildman–Crippen LogP) is 8.11. The molecular weight excluding hydrogens is 440 g/mol. The maximum atomic E-state index is 5.04. The molecule has 0 saturated heterocycles. The van der Waals surface area contributed by atoms with Crippen LogP contribution in [0, 0.1) is 13.8 Å². The van der Waals surface area contributed by atoms with Crippen molar-refractivity contribution in [2.24, 2.45) is 0 Å². The van der Waals surface area contributed by atoms with Gasteiger partial charge in [-0.2, -0.15) is 0 Å². The van der Waals surface area contributed by atoms with Crippen molar-refractivity contribution >= 4 is 60.3 Å². The van der Waals surface area contributed by atoms with E-state index in [9.17, 15) is 0 Å². The van der Waals surface area contributed by atoms with Gasteiger partial charge in [-0.25, -0.2) is 9.97 Å². The summed E-state index contributed by atoms with van der Waals surface area (Å²) in [4.78, 5) is 13.5. The maximum absolute atomic E-state index is 5.04. The van der Waals surface area contributed by atoms with E-state index in [4.69, 9.17) is 9.97 Å². The summed E-state index contributed by atoms with van der Waals surface area (Å²) in [5.41, 5.74) is 11.3. The van der Waals surface area contributed by atoms with Crippen LogP contribution in [0.4, 0.5) is 0 Å². The van der Waals surface area contributed by atoms with Crippen LogP contribution >= 0.6 is 0 Å². The SMILES string of the molecule is Cc1cc2c(cc1-c1cc3c4cccnc4n4c5ccccc5nc4c3cc1C)[nH]c1ccccc12. The molecule has 0 aliphatic heterocycles. The summed E-state index contributed by atoms with van der Waals surface area (Å²) < 4.78 is 2.20. The Labute approximate surface area is 206 Å². The van der Waals surface area contributed by atoms with Gasteiger partial charge in [0.25, 0.3) is 0 Å². The van der Waals surface area contributed by atoms with E-state index in [0.717, 1.165) is 38.6 Å². The van der Waals surface area contributed by atoms with Crippen LogP contribution in [0.5, 0.6) is 0 Å². The zero-order chi connectivity index (χ0) is 24.0. The van der Waals surface area contributed by atoms with Crippen LogP contribution < -0.4 is 0 Å². The lowest BCUT2D eigenvalue weighted by atomic mass is 9.92. The number of aryl methyl sites for hydroxylation is 2. The number of para-hydroxylation sites is 3. The molecule has 1 N–H and O–H groups in total. The highest BCUT2D eigenvalue weighted by Gasteiger charge is 2.17. The van der Waals surface area contributed by atoms with Crippen molar-refractivity contribution in [3.8, 4) is 11.1 Å². The van der Waals surface area contributed by atoms with Crippen LogP contribution in [0.15, 0.2) is 91.1 Å². The molecule has 0 fully saturated rings. The van der Waals surface area contributed by atoms with E-state index in [1.807, 2.05) is 18.3 Å². The highest BCUT2D eigenvalue weighted by Crippen LogP contribution is 2.38. The van der Waals surface area contributed by atoms with E-state index in [1.54, 1.807) is 0 Å². The van der Waals surface area contributed by atoms with Gasteiger partial charge in [0.2, 0.25) is 0 Å². The van der Waals surface area contributed by atoms with Gasteiger partial charge in [0.05, 0.1) is 11.0 Å². The first kappa shape index (κ1) is 19.6. The van der Waals surface area contributed by atoms with Gasteiger partial charge in [-0.05, 0) is 96.1 Å². The van der Waals surface area contributed by atoms with Gasteiger partial charge in [0, 0.05) is 38.8 Å². The Morgan fingerprint density at radius 1 is 0.611 bits per heavy atom. The Balaban J connectivity index is 1.49. The summed E-state index contributed by atoms with van der Waals surface area (Å²) in [6.07, 6.45) is 1.87. The normalized spacial score (nSPS) is 12.2. The number of imidazole rings is 1. The largest absolute Gasteiger partial charge is 0.354 e. The molecule has 0 unspecified atom stereocenters. The molecule has 0 bridgehead atoms. The van der Waals surface area contributed by atoms with Crippen molar-refractivity contribution < 1.29 is 0 Å². The lowest BCUT2D eigenvalue weighted by Crippen LogP contribution is -1.96. The van der Waals surface area contributed by atoms with Gasteiger partial charge < -0.3 is 4.98 Å². The van der Waals surface area contributed by atoms with Gasteiger partial charge in [0.1, 0.15) is 11.3 Å². The molecule has 4 nitrogen and oxygen atoms in total. The molecule has 4 heteroatoms. The molecule has 0 saturated carbocycles. The number of aromatic amines is 1. The highest BCUT2D eigenvalue weighted by atomic mass is 15.1. The van der Waals surface area contributed by atoms with Gasteiger partial charge in [-0.15, -0.1) is 0 Å². The zero-order valence-electron chi connectivity index (χ0n) is 20.0. The van der Waals surface area contributed by atoms with Crippen LogP contribution in [0.25, 0.3) is 71.4 Å². The Kier molecular flexibility index (Phi) is 3.77. The Bertz CT molecular complexity index is 2180. The molecule has 4 heterocycles. The summed E-state index contributed by atoms with van der Waals surface area (Å²) in [5, 5.41) is 6.00. The number of fused-ring (bicyclic) bond motifs is 11. The minimum atomic E-state index is 0.936. The number of pyridine rings is 2. The third-order valence-corrected chi connectivity index (χ3v) is 7.60. The number of hydrogen-bond acceptors (Lipinski definition) is 2. The van der Waals surface area contributed by atoms with E-state index < -0.39 is 0 Å². The summed E-state index contributed by atoms with van der Waals surface area (Å²) in [6, 6.07) is 30.3. The van der Waals surface area contributed by atoms with Gasteiger partial charge in [-0.1, -0.05) is 30.3 Å².